The summed E-state index contributed by atoms with van der Waals surface area (Å²) in [5.41, 5.74) is 6.91. The predicted octanol–water partition coefficient (Wildman–Crippen LogP) is 5.71. The van der Waals surface area contributed by atoms with Gasteiger partial charge in [-0.3, -0.25) is 4.79 Å². The number of anilines is 4. The number of carboxylic acid groups (broad SMARTS) is 1. The molecular weight excluding hydrogens is 646 g/mol. The van der Waals surface area contributed by atoms with E-state index in [1.807, 2.05) is 60.9 Å². The van der Waals surface area contributed by atoms with Crippen LogP contribution in [0.5, 0.6) is 11.5 Å². The molecule has 2 aliphatic heterocycles. The number of nitrogens with zero attached hydrogens (tertiary/aromatic N) is 7. The fraction of sp³-hybridized carbons (Fsp3) is 0.308. The Morgan fingerprint density at radius 3 is 1.96 bits per heavy atom. The lowest BCUT2D eigenvalue weighted by molar-refractivity contribution is -0.136. The van der Waals surface area contributed by atoms with Crippen molar-refractivity contribution in [3.63, 3.8) is 0 Å². The van der Waals surface area contributed by atoms with Gasteiger partial charge in [-0.15, -0.1) is 0 Å². The van der Waals surface area contributed by atoms with Crippen LogP contribution in [0.15, 0.2) is 85.2 Å². The van der Waals surface area contributed by atoms with Crippen LogP contribution >= 0.6 is 0 Å². The maximum Gasteiger partial charge on any atom is 0.303 e. The lowest BCUT2D eigenvalue weighted by Gasteiger charge is -2.28. The molecule has 2 aromatic heterocycles. The molecule has 0 aliphatic carbocycles. The topological polar surface area (TPSA) is 126 Å². The van der Waals surface area contributed by atoms with Gasteiger partial charge in [0.15, 0.2) is 0 Å². The number of morpholine rings is 1. The zero-order chi connectivity index (χ0) is 35.2. The van der Waals surface area contributed by atoms with Crippen molar-refractivity contribution in [1.82, 2.24) is 19.9 Å². The Hall–Kier alpha value is -5.75. The average molecular weight is 688 g/mol. The first-order valence-corrected chi connectivity index (χ1v) is 17.1. The molecule has 12 nitrogen and oxygen atoms in total. The third-order valence-corrected chi connectivity index (χ3v) is 9.24. The Morgan fingerprint density at radius 1 is 0.804 bits per heavy atom. The number of aromatic nitrogens is 4. The highest BCUT2D eigenvalue weighted by molar-refractivity contribution is 5.77. The fourth-order valence-corrected chi connectivity index (χ4v) is 6.44. The fourth-order valence-electron chi connectivity index (χ4n) is 6.44. The Kier molecular flexibility index (Phi) is 10.2. The standard InChI is InChI=1S/C39H41N7O5/c1-49-32-12-5-28(6-13-32)25-45(26-29-7-14-33(50-2)15-8-29)38-40-23-30(24-41-38)36-34-17-18-46(31-10-3-27(4-11-31)9-16-35(47)48)37(34)43-39(42-36)44-19-21-51-22-20-44/h3-8,10-15,23-24H,9,16-22,25-26H2,1-2H3,(H,47,48). The summed E-state index contributed by atoms with van der Waals surface area (Å²) in [5.74, 6) is 2.94. The number of carboxylic acids is 1. The number of fused-ring (bicyclic) bond motifs is 1. The monoisotopic (exact) mass is 687 g/mol. The summed E-state index contributed by atoms with van der Waals surface area (Å²) in [7, 11) is 3.33. The zero-order valence-electron chi connectivity index (χ0n) is 28.9. The second-order valence-corrected chi connectivity index (χ2v) is 12.6. The number of hydrogen-bond acceptors (Lipinski definition) is 11. The lowest BCUT2D eigenvalue weighted by Crippen LogP contribution is -2.37. The molecule has 0 radical (unpaired) electrons. The molecule has 0 bridgehead atoms. The van der Waals surface area contributed by atoms with Crippen LogP contribution in [0.1, 0.15) is 28.7 Å². The van der Waals surface area contributed by atoms with Crippen LogP contribution in [0.2, 0.25) is 0 Å². The summed E-state index contributed by atoms with van der Waals surface area (Å²) in [6.07, 6.45) is 5.09. The van der Waals surface area contributed by atoms with Gasteiger partial charge in [0.25, 0.3) is 0 Å². The predicted molar refractivity (Wildman–Crippen MR) is 195 cm³/mol. The number of rotatable bonds is 13. The summed E-state index contributed by atoms with van der Waals surface area (Å²) < 4.78 is 16.4. The van der Waals surface area contributed by atoms with Crippen LogP contribution in [0.3, 0.4) is 0 Å². The summed E-state index contributed by atoms with van der Waals surface area (Å²) >= 11 is 0. The molecular formula is C39H41N7O5. The number of benzene rings is 3. The Bertz CT molecular complexity index is 1880. The smallest absolute Gasteiger partial charge is 0.303 e. The maximum absolute atomic E-state index is 11.1. The van der Waals surface area contributed by atoms with E-state index in [-0.39, 0.29) is 6.42 Å². The average Bonchev–Trinajstić information content (AvgIpc) is 3.62. The minimum Gasteiger partial charge on any atom is -0.497 e. The molecule has 0 amide bonds. The minimum atomic E-state index is -0.799. The molecule has 0 saturated carbocycles. The van der Waals surface area contributed by atoms with Crippen molar-refractivity contribution in [1.29, 1.82) is 0 Å². The first-order chi connectivity index (χ1) is 25.0. The Labute approximate surface area is 297 Å². The summed E-state index contributed by atoms with van der Waals surface area (Å²) in [6.45, 7) is 4.59. The van der Waals surface area contributed by atoms with Crippen LogP contribution < -0.4 is 24.2 Å². The number of methoxy groups -OCH3 is 2. The van der Waals surface area contributed by atoms with Crippen molar-refractivity contribution >= 4 is 29.4 Å². The summed E-state index contributed by atoms with van der Waals surface area (Å²) in [6, 6.07) is 24.2. The van der Waals surface area contributed by atoms with Gasteiger partial charge in [0.1, 0.15) is 17.3 Å². The van der Waals surface area contributed by atoms with Gasteiger partial charge >= 0.3 is 5.97 Å². The Morgan fingerprint density at radius 2 is 1.39 bits per heavy atom. The van der Waals surface area contributed by atoms with Crippen molar-refractivity contribution < 1.29 is 24.1 Å². The largest absolute Gasteiger partial charge is 0.497 e. The highest BCUT2D eigenvalue weighted by Gasteiger charge is 2.29. The van der Waals surface area contributed by atoms with Crippen molar-refractivity contribution in [2.75, 3.05) is 61.8 Å². The zero-order valence-corrected chi connectivity index (χ0v) is 28.9. The first-order valence-electron chi connectivity index (χ1n) is 17.1. The molecule has 7 rings (SSSR count). The molecule has 0 spiro atoms. The quantitative estimate of drug-likeness (QED) is 0.163. The van der Waals surface area contributed by atoms with Crippen LogP contribution in [-0.4, -0.2) is 78.1 Å². The third-order valence-electron chi connectivity index (χ3n) is 9.24. The molecule has 3 aromatic carbocycles. The normalized spacial score (nSPS) is 13.9. The summed E-state index contributed by atoms with van der Waals surface area (Å²) in [5, 5.41) is 9.11. The van der Waals surface area contributed by atoms with E-state index >= 15 is 0 Å². The number of carbonyl (C=O) groups is 1. The van der Waals surface area contributed by atoms with Crippen LogP contribution in [0.4, 0.5) is 23.4 Å². The van der Waals surface area contributed by atoms with Gasteiger partial charge in [0.05, 0.1) is 33.1 Å². The third kappa shape index (κ3) is 7.86. The van der Waals surface area contributed by atoms with Crippen LogP contribution in [-0.2, 0) is 35.5 Å². The molecule has 0 unspecified atom stereocenters. The Balaban J connectivity index is 1.21. The van der Waals surface area contributed by atoms with E-state index in [2.05, 4.69) is 39.0 Å². The summed E-state index contributed by atoms with van der Waals surface area (Å²) in [4.78, 5) is 37.7. The van der Waals surface area contributed by atoms with Crippen molar-refractivity contribution in [3.8, 4) is 22.8 Å². The van der Waals surface area contributed by atoms with Crippen molar-refractivity contribution in [2.24, 2.45) is 0 Å². The molecule has 12 heteroatoms. The van der Waals surface area contributed by atoms with E-state index in [0.29, 0.717) is 57.7 Å². The molecule has 1 saturated heterocycles. The van der Waals surface area contributed by atoms with E-state index in [9.17, 15) is 4.79 Å². The van der Waals surface area contributed by atoms with Crippen LogP contribution in [0, 0.1) is 0 Å². The highest BCUT2D eigenvalue weighted by atomic mass is 16.5. The molecule has 1 N–H and O–H groups in total. The number of aliphatic carboxylic acids is 1. The van der Waals surface area contributed by atoms with Crippen LogP contribution in [0.25, 0.3) is 11.3 Å². The highest BCUT2D eigenvalue weighted by Crippen LogP contribution is 2.39. The molecule has 262 valence electrons. The molecule has 51 heavy (non-hydrogen) atoms. The minimum absolute atomic E-state index is 0.104. The van der Waals surface area contributed by atoms with E-state index in [1.54, 1.807) is 14.2 Å². The molecule has 1 fully saturated rings. The lowest BCUT2D eigenvalue weighted by atomic mass is 10.1. The van der Waals surface area contributed by atoms with Crippen molar-refractivity contribution in [2.45, 2.75) is 32.4 Å². The van der Waals surface area contributed by atoms with E-state index in [0.717, 1.165) is 69.5 Å². The van der Waals surface area contributed by atoms with E-state index in [1.165, 1.54) is 0 Å². The molecule has 4 heterocycles. The van der Waals surface area contributed by atoms with E-state index in [4.69, 9.17) is 39.3 Å². The van der Waals surface area contributed by atoms with Gasteiger partial charge in [-0.05, 0) is 65.9 Å². The maximum atomic E-state index is 11.1. The number of ether oxygens (including phenoxy) is 3. The number of aryl methyl sites for hydroxylation is 1. The van der Waals surface area contributed by atoms with Gasteiger partial charge in [0, 0.05) is 68.4 Å². The SMILES string of the molecule is COc1ccc(CN(Cc2ccc(OC)cc2)c2ncc(-c3nc(N4CCOCC4)nc4c3CCN4c3ccc(CCC(=O)O)cc3)cn2)cc1. The van der Waals surface area contributed by atoms with E-state index < -0.39 is 5.97 Å². The second kappa shape index (κ2) is 15.4. The molecule has 0 atom stereocenters. The van der Waals surface area contributed by atoms with Gasteiger partial charge in [0.2, 0.25) is 11.9 Å². The second-order valence-electron chi connectivity index (χ2n) is 12.6. The molecule has 5 aromatic rings. The first kappa shape index (κ1) is 33.7. The van der Waals surface area contributed by atoms with Gasteiger partial charge in [-0.2, -0.15) is 4.98 Å². The van der Waals surface area contributed by atoms with Gasteiger partial charge in [-0.1, -0.05) is 36.4 Å². The number of hydrogen-bond donors (Lipinski definition) is 1. The van der Waals surface area contributed by atoms with Gasteiger partial charge < -0.3 is 34.0 Å². The van der Waals surface area contributed by atoms with Crippen molar-refractivity contribution in [3.05, 3.63) is 107 Å². The molecule has 2 aliphatic rings. The van der Waals surface area contributed by atoms with Gasteiger partial charge in [-0.25, -0.2) is 15.0 Å².